The number of benzene rings is 1. The molecule has 1 heterocycles. The second-order valence-electron chi connectivity index (χ2n) is 4.30. The van der Waals surface area contributed by atoms with E-state index in [1.807, 2.05) is 0 Å². The van der Waals surface area contributed by atoms with Crippen LogP contribution in [0.15, 0.2) is 22.7 Å². The lowest BCUT2D eigenvalue weighted by atomic mass is 10.2. The first-order valence-corrected chi connectivity index (χ1v) is 6.11. The van der Waals surface area contributed by atoms with Gasteiger partial charge in [0.2, 0.25) is 0 Å². The van der Waals surface area contributed by atoms with E-state index in [0.29, 0.717) is 23.4 Å². The average molecular weight is 268 g/mol. The molecule has 0 bridgehead atoms. The van der Waals surface area contributed by atoms with Crippen LogP contribution in [0.25, 0.3) is 11.5 Å². The van der Waals surface area contributed by atoms with Crippen molar-refractivity contribution in [2.75, 3.05) is 0 Å². The lowest BCUT2D eigenvalue weighted by Crippen LogP contribution is -2.16. The quantitative estimate of drug-likeness (QED) is 0.925. The van der Waals surface area contributed by atoms with Crippen LogP contribution >= 0.6 is 11.6 Å². The summed E-state index contributed by atoms with van der Waals surface area (Å²) in [5.41, 5.74) is 0.268. The van der Waals surface area contributed by atoms with Crippen LogP contribution in [-0.2, 0) is 6.54 Å². The normalized spacial score (nSPS) is 15.0. The number of aromatic nitrogens is 2. The molecular formula is C12H11ClFN3O. The van der Waals surface area contributed by atoms with Gasteiger partial charge < -0.3 is 9.84 Å². The number of hydrogen-bond acceptors (Lipinski definition) is 4. The van der Waals surface area contributed by atoms with Gasteiger partial charge in [-0.25, -0.2) is 4.39 Å². The molecule has 1 aliphatic rings. The summed E-state index contributed by atoms with van der Waals surface area (Å²) < 4.78 is 18.7. The summed E-state index contributed by atoms with van der Waals surface area (Å²) in [6.45, 7) is 0.545. The fourth-order valence-electron chi connectivity index (χ4n) is 1.62. The Bertz CT molecular complexity index is 568. The molecule has 0 amide bonds. The molecular weight excluding hydrogens is 257 g/mol. The van der Waals surface area contributed by atoms with Crippen LogP contribution in [0.4, 0.5) is 4.39 Å². The molecule has 1 N–H and O–H groups in total. The first-order valence-electron chi connectivity index (χ1n) is 5.74. The molecule has 0 unspecified atom stereocenters. The van der Waals surface area contributed by atoms with Crippen molar-refractivity contribution >= 4 is 11.6 Å². The molecule has 0 radical (unpaired) electrons. The minimum Gasteiger partial charge on any atom is -0.334 e. The third kappa shape index (κ3) is 2.52. The Hall–Kier alpha value is -1.46. The van der Waals surface area contributed by atoms with Crippen molar-refractivity contribution in [3.05, 3.63) is 34.9 Å². The van der Waals surface area contributed by atoms with E-state index in [0.717, 1.165) is 0 Å². The summed E-state index contributed by atoms with van der Waals surface area (Å²) in [7, 11) is 0. The fraction of sp³-hybridized carbons (Fsp3) is 0.333. The first-order chi connectivity index (χ1) is 8.72. The van der Waals surface area contributed by atoms with Gasteiger partial charge in [0.1, 0.15) is 5.82 Å². The molecule has 0 atom stereocenters. The Balaban J connectivity index is 1.78. The third-order valence-corrected chi connectivity index (χ3v) is 2.99. The number of nitrogens with zero attached hydrogens (tertiary/aromatic N) is 2. The molecule has 94 valence electrons. The van der Waals surface area contributed by atoms with Crippen molar-refractivity contribution in [1.82, 2.24) is 15.5 Å². The highest BCUT2D eigenvalue weighted by Gasteiger charge is 2.21. The van der Waals surface area contributed by atoms with E-state index in [4.69, 9.17) is 16.1 Å². The summed E-state index contributed by atoms with van der Waals surface area (Å²) in [4.78, 5) is 4.15. The van der Waals surface area contributed by atoms with E-state index in [1.54, 1.807) is 6.07 Å². The third-order valence-electron chi connectivity index (χ3n) is 2.76. The van der Waals surface area contributed by atoms with Gasteiger partial charge in [-0.2, -0.15) is 4.98 Å². The highest BCUT2D eigenvalue weighted by atomic mass is 35.5. The monoisotopic (exact) mass is 267 g/mol. The van der Waals surface area contributed by atoms with Gasteiger partial charge in [-0.1, -0.05) is 16.8 Å². The maximum atomic E-state index is 13.6. The Kier molecular flexibility index (Phi) is 3.01. The number of halogens is 2. The van der Waals surface area contributed by atoms with Gasteiger partial charge in [0, 0.05) is 11.1 Å². The highest BCUT2D eigenvalue weighted by Crippen LogP contribution is 2.24. The standard InChI is InChI=1S/C12H11ClFN3O/c13-7-1-4-9(10(14)5-7)12-16-11(17-18-12)6-15-8-2-3-8/h1,4-5,8,15H,2-3,6H2. The minimum absolute atomic E-state index is 0.178. The number of rotatable bonds is 4. The summed E-state index contributed by atoms with van der Waals surface area (Å²) in [6.07, 6.45) is 2.38. The van der Waals surface area contributed by atoms with Crippen molar-refractivity contribution in [3.63, 3.8) is 0 Å². The topological polar surface area (TPSA) is 51.0 Å². The van der Waals surface area contributed by atoms with Gasteiger partial charge >= 0.3 is 0 Å². The van der Waals surface area contributed by atoms with Gasteiger partial charge in [-0.3, -0.25) is 0 Å². The van der Waals surface area contributed by atoms with Crippen molar-refractivity contribution < 1.29 is 8.91 Å². The SMILES string of the molecule is Fc1cc(Cl)ccc1-c1nc(CNC2CC2)no1. The molecule has 0 spiro atoms. The maximum absolute atomic E-state index is 13.6. The Morgan fingerprint density at radius 1 is 1.44 bits per heavy atom. The second kappa shape index (κ2) is 4.66. The van der Waals surface area contributed by atoms with Crippen LogP contribution in [0.5, 0.6) is 0 Å². The summed E-state index contributed by atoms with van der Waals surface area (Å²) in [5.74, 6) is 0.246. The molecule has 1 aromatic heterocycles. The molecule has 2 aromatic rings. The zero-order valence-corrected chi connectivity index (χ0v) is 10.2. The Morgan fingerprint density at radius 2 is 2.28 bits per heavy atom. The van der Waals surface area contributed by atoms with Crippen molar-refractivity contribution in [3.8, 4) is 11.5 Å². The van der Waals surface area contributed by atoms with E-state index in [2.05, 4.69) is 15.5 Å². The largest absolute Gasteiger partial charge is 0.334 e. The second-order valence-corrected chi connectivity index (χ2v) is 4.73. The molecule has 1 saturated carbocycles. The van der Waals surface area contributed by atoms with E-state index in [1.165, 1.54) is 25.0 Å². The van der Waals surface area contributed by atoms with Crippen molar-refractivity contribution in [1.29, 1.82) is 0 Å². The molecule has 1 fully saturated rings. The van der Waals surface area contributed by atoms with E-state index in [9.17, 15) is 4.39 Å². The molecule has 6 heteroatoms. The van der Waals surface area contributed by atoms with Crippen LogP contribution in [0.3, 0.4) is 0 Å². The van der Waals surface area contributed by atoms with Crippen LogP contribution < -0.4 is 5.32 Å². The Labute approximate surface area is 108 Å². The first kappa shape index (κ1) is 11.6. The molecule has 18 heavy (non-hydrogen) atoms. The van der Waals surface area contributed by atoms with Gasteiger partial charge in [-0.15, -0.1) is 0 Å². The van der Waals surface area contributed by atoms with Crippen LogP contribution in [0.2, 0.25) is 5.02 Å². The minimum atomic E-state index is -0.465. The highest BCUT2D eigenvalue weighted by molar-refractivity contribution is 6.30. The van der Waals surface area contributed by atoms with Gasteiger partial charge in [0.25, 0.3) is 5.89 Å². The smallest absolute Gasteiger partial charge is 0.260 e. The fourth-order valence-corrected chi connectivity index (χ4v) is 1.78. The molecule has 1 aromatic carbocycles. The molecule has 1 aliphatic carbocycles. The summed E-state index contributed by atoms with van der Waals surface area (Å²) in [6, 6.07) is 4.91. The lowest BCUT2D eigenvalue weighted by Gasteiger charge is -1.97. The van der Waals surface area contributed by atoms with Gasteiger partial charge in [0.05, 0.1) is 12.1 Å². The predicted molar refractivity (Wildman–Crippen MR) is 64.6 cm³/mol. The van der Waals surface area contributed by atoms with Gasteiger partial charge in [-0.05, 0) is 31.0 Å². The number of nitrogens with one attached hydrogen (secondary N) is 1. The zero-order valence-electron chi connectivity index (χ0n) is 9.49. The maximum Gasteiger partial charge on any atom is 0.260 e. The Morgan fingerprint density at radius 3 is 3.00 bits per heavy atom. The van der Waals surface area contributed by atoms with E-state index < -0.39 is 5.82 Å². The molecule has 4 nitrogen and oxygen atoms in total. The zero-order chi connectivity index (χ0) is 12.5. The van der Waals surface area contributed by atoms with Gasteiger partial charge in [0.15, 0.2) is 5.82 Å². The number of hydrogen-bond donors (Lipinski definition) is 1. The summed E-state index contributed by atoms with van der Waals surface area (Å²) >= 11 is 5.68. The van der Waals surface area contributed by atoms with E-state index in [-0.39, 0.29) is 11.5 Å². The van der Waals surface area contributed by atoms with E-state index >= 15 is 0 Å². The van der Waals surface area contributed by atoms with Crippen LogP contribution in [0.1, 0.15) is 18.7 Å². The summed E-state index contributed by atoms with van der Waals surface area (Å²) in [5, 5.41) is 7.41. The lowest BCUT2D eigenvalue weighted by molar-refractivity contribution is 0.417. The molecule has 3 rings (SSSR count). The van der Waals surface area contributed by atoms with Crippen molar-refractivity contribution in [2.24, 2.45) is 0 Å². The molecule has 0 aliphatic heterocycles. The van der Waals surface area contributed by atoms with Crippen LogP contribution in [0, 0.1) is 5.82 Å². The van der Waals surface area contributed by atoms with Crippen LogP contribution in [-0.4, -0.2) is 16.2 Å². The predicted octanol–water partition coefficient (Wildman–Crippen LogP) is 2.78. The average Bonchev–Trinajstić information content (AvgIpc) is 3.05. The molecule has 0 saturated heterocycles. The van der Waals surface area contributed by atoms with Crippen molar-refractivity contribution in [2.45, 2.75) is 25.4 Å².